The number of hydrogen-bond donors (Lipinski definition) is 1. The summed E-state index contributed by atoms with van der Waals surface area (Å²) in [5, 5.41) is 7.13. The van der Waals surface area contributed by atoms with Gasteiger partial charge in [-0.15, -0.1) is 0 Å². The van der Waals surface area contributed by atoms with Crippen LogP contribution >= 0.6 is 0 Å². The van der Waals surface area contributed by atoms with E-state index in [9.17, 15) is 4.79 Å². The van der Waals surface area contributed by atoms with E-state index in [0.29, 0.717) is 30.8 Å². The smallest absolute Gasteiger partial charge is 0.266 e. The lowest BCUT2D eigenvalue weighted by Gasteiger charge is -2.32. The zero-order valence-electron chi connectivity index (χ0n) is 14.4. The number of aromatic nitrogens is 2. The van der Waals surface area contributed by atoms with Crippen LogP contribution in [0.15, 0.2) is 4.52 Å². The maximum Gasteiger partial charge on any atom is 0.266 e. The summed E-state index contributed by atoms with van der Waals surface area (Å²) in [5.74, 6) is 1.87. The number of nitrogens with zero attached hydrogens (tertiary/aromatic N) is 4. The molecule has 134 valence electrons. The third-order valence-corrected chi connectivity index (χ3v) is 4.62. The molecule has 0 aliphatic carbocycles. The molecular formula is C16H27N5O3. The van der Waals surface area contributed by atoms with E-state index in [1.807, 2.05) is 6.92 Å². The summed E-state index contributed by atoms with van der Waals surface area (Å²) in [5.41, 5.74) is 0. The number of morpholine rings is 1. The van der Waals surface area contributed by atoms with Crippen LogP contribution in [0.25, 0.3) is 0 Å². The molecule has 1 atom stereocenters. The second kappa shape index (κ2) is 8.43. The van der Waals surface area contributed by atoms with Gasteiger partial charge in [-0.05, 0) is 23.9 Å². The molecule has 0 saturated carbocycles. The van der Waals surface area contributed by atoms with Crippen molar-refractivity contribution < 1.29 is 14.1 Å². The molecule has 3 heterocycles. The highest BCUT2D eigenvalue weighted by molar-refractivity contribution is 5.78. The van der Waals surface area contributed by atoms with Crippen molar-refractivity contribution in [2.24, 2.45) is 5.92 Å². The number of piperidine rings is 1. The van der Waals surface area contributed by atoms with E-state index in [1.54, 1.807) is 0 Å². The second-order valence-corrected chi connectivity index (χ2v) is 6.49. The van der Waals surface area contributed by atoms with Crippen LogP contribution in [0.2, 0.25) is 0 Å². The summed E-state index contributed by atoms with van der Waals surface area (Å²) in [6, 6.07) is 0. The quantitative estimate of drug-likeness (QED) is 0.799. The minimum Gasteiger partial charge on any atom is -0.379 e. The molecule has 24 heavy (non-hydrogen) atoms. The number of nitrogens with one attached hydrogen (secondary N) is 1. The van der Waals surface area contributed by atoms with Gasteiger partial charge in [0.25, 0.3) is 5.95 Å². The first kappa shape index (κ1) is 17.2. The van der Waals surface area contributed by atoms with Crippen LogP contribution in [0.5, 0.6) is 0 Å². The van der Waals surface area contributed by atoms with Gasteiger partial charge in [0, 0.05) is 39.1 Å². The van der Waals surface area contributed by atoms with Crippen LogP contribution in [0.4, 0.5) is 5.95 Å². The average molecular weight is 337 g/mol. The highest BCUT2D eigenvalue weighted by atomic mass is 16.5. The van der Waals surface area contributed by atoms with Crippen molar-refractivity contribution in [1.29, 1.82) is 0 Å². The van der Waals surface area contributed by atoms with Gasteiger partial charge in [-0.25, -0.2) is 0 Å². The average Bonchev–Trinajstić information content (AvgIpc) is 3.10. The molecule has 0 aromatic carbocycles. The molecule has 2 saturated heterocycles. The second-order valence-electron chi connectivity index (χ2n) is 6.49. The summed E-state index contributed by atoms with van der Waals surface area (Å²) in [6.07, 6.45) is 2.95. The van der Waals surface area contributed by atoms with Crippen LogP contribution in [-0.2, 0) is 16.0 Å². The van der Waals surface area contributed by atoms with Crippen molar-refractivity contribution >= 4 is 11.9 Å². The monoisotopic (exact) mass is 337 g/mol. The standard InChI is InChI=1S/C16H27N5O3/c1-2-15-18-16(19-24-15)21-5-3-4-13(11-21)10-17-14(22)12-20-6-8-23-9-7-20/h13H,2-12H2,1H3,(H,17,22). The molecule has 2 fully saturated rings. The number of amides is 1. The molecule has 8 heteroatoms. The van der Waals surface area contributed by atoms with Crippen LogP contribution in [-0.4, -0.2) is 73.4 Å². The van der Waals surface area contributed by atoms with Crippen LogP contribution in [0.1, 0.15) is 25.7 Å². The Balaban J connectivity index is 1.42. The van der Waals surface area contributed by atoms with Crippen molar-refractivity contribution in [1.82, 2.24) is 20.4 Å². The molecule has 2 aliphatic rings. The first-order valence-corrected chi connectivity index (χ1v) is 8.89. The van der Waals surface area contributed by atoms with Gasteiger partial charge in [-0.3, -0.25) is 9.69 Å². The third kappa shape index (κ3) is 4.67. The van der Waals surface area contributed by atoms with Crippen LogP contribution in [0.3, 0.4) is 0 Å². The van der Waals surface area contributed by atoms with Crippen molar-refractivity contribution in [3.05, 3.63) is 5.89 Å². The number of aryl methyl sites for hydroxylation is 1. The molecule has 1 unspecified atom stereocenters. The molecule has 1 aromatic heterocycles. The first-order valence-electron chi connectivity index (χ1n) is 8.89. The molecule has 1 aromatic rings. The first-order chi connectivity index (χ1) is 11.7. The lowest BCUT2D eigenvalue weighted by Crippen LogP contribution is -2.46. The fourth-order valence-electron chi connectivity index (χ4n) is 3.21. The number of rotatable bonds is 6. The summed E-state index contributed by atoms with van der Waals surface area (Å²) in [6.45, 7) is 8.08. The van der Waals surface area contributed by atoms with Crippen molar-refractivity contribution in [3.8, 4) is 0 Å². The zero-order chi connectivity index (χ0) is 16.8. The zero-order valence-corrected chi connectivity index (χ0v) is 14.4. The van der Waals surface area contributed by atoms with Gasteiger partial charge in [0.05, 0.1) is 19.8 Å². The van der Waals surface area contributed by atoms with E-state index in [2.05, 4.69) is 25.3 Å². The summed E-state index contributed by atoms with van der Waals surface area (Å²) in [7, 11) is 0. The fourth-order valence-corrected chi connectivity index (χ4v) is 3.21. The maximum atomic E-state index is 12.1. The molecule has 2 aliphatic heterocycles. The van der Waals surface area contributed by atoms with Gasteiger partial charge in [0.2, 0.25) is 11.8 Å². The van der Waals surface area contributed by atoms with Crippen LogP contribution in [0, 0.1) is 5.92 Å². The van der Waals surface area contributed by atoms with Crippen LogP contribution < -0.4 is 10.2 Å². The normalized spacial score (nSPS) is 22.5. The Morgan fingerprint density at radius 3 is 2.92 bits per heavy atom. The van der Waals surface area contributed by atoms with E-state index in [1.165, 1.54) is 0 Å². The molecular weight excluding hydrogens is 310 g/mol. The molecule has 8 nitrogen and oxygen atoms in total. The van der Waals surface area contributed by atoms with Gasteiger partial charge in [0.15, 0.2) is 0 Å². The summed E-state index contributed by atoms with van der Waals surface area (Å²) >= 11 is 0. The van der Waals surface area contributed by atoms with E-state index in [4.69, 9.17) is 9.26 Å². The van der Waals surface area contributed by atoms with Crippen molar-refractivity contribution in [2.45, 2.75) is 26.2 Å². The summed E-state index contributed by atoms with van der Waals surface area (Å²) in [4.78, 5) is 20.8. The maximum absolute atomic E-state index is 12.1. The van der Waals surface area contributed by atoms with E-state index < -0.39 is 0 Å². The lowest BCUT2D eigenvalue weighted by atomic mass is 9.98. The van der Waals surface area contributed by atoms with E-state index in [-0.39, 0.29) is 5.91 Å². The number of anilines is 1. The molecule has 0 radical (unpaired) electrons. The molecule has 3 rings (SSSR count). The Morgan fingerprint density at radius 2 is 2.17 bits per heavy atom. The number of hydrogen-bond acceptors (Lipinski definition) is 7. The highest BCUT2D eigenvalue weighted by Crippen LogP contribution is 2.20. The molecule has 0 spiro atoms. The topological polar surface area (TPSA) is 83.7 Å². The minimum atomic E-state index is 0.0989. The number of ether oxygens (including phenoxy) is 1. The number of carbonyl (C=O) groups is 1. The number of carbonyl (C=O) groups excluding carboxylic acids is 1. The Kier molecular flexibility index (Phi) is 6.03. The molecule has 0 bridgehead atoms. The van der Waals surface area contributed by atoms with Gasteiger partial charge in [0.1, 0.15) is 0 Å². The van der Waals surface area contributed by atoms with Gasteiger partial charge < -0.3 is 19.5 Å². The Morgan fingerprint density at radius 1 is 1.33 bits per heavy atom. The predicted molar refractivity (Wildman–Crippen MR) is 88.9 cm³/mol. The Bertz CT molecular complexity index is 530. The SMILES string of the molecule is CCc1nc(N2CCCC(CNC(=O)CN3CCOCC3)C2)no1. The van der Waals surface area contributed by atoms with E-state index >= 15 is 0 Å². The highest BCUT2D eigenvalue weighted by Gasteiger charge is 2.24. The fraction of sp³-hybridized carbons (Fsp3) is 0.812. The van der Waals surface area contributed by atoms with Gasteiger partial charge in [-0.2, -0.15) is 4.98 Å². The Hall–Kier alpha value is -1.67. The molecule has 1 amide bonds. The molecule has 1 N–H and O–H groups in total. The lowest BCUT2D eigenvalue weighted by molar-refractivity contribution is -0.123. The summed E-state index contributed by atoms with van der Waals surface area (Å²) < 4.78 is 10.5. The van der Waals surface area contributed by atoms with Gasteiger partial charge >= 0.3 is 0 Å². The van der Waals surface area contributed by atoms with Crippen molar-refractivity contribution in [2.75, 3.05) is 57.4 Å². The van der Waals surface area contributed by atoms with Gasteiger partial charge in [-0.1, -0.05) is 6.92 Å². The van der Waals surface area contributed by atoms with E-state index in [0.717, 1.165) is 58.7 Å². The predicted octanol–water partition coefficient (Wildman–Crippen LogP) is 0.297. The minimum absolute atomic E-state index is 0.0989. The van der Waals surface area contributed by atoms with Crippen molar-refractivity contribution in [3.63, 3.8) is 0 Å². The largest absolute Gasteiger partial charge is 0.379 e. The third-order valence-electron chi connectivity index (χ3n) is 4.62. The Labute approximate surface area is 142 Å².